The lowest BCUT2D eigenvalue weighted by atomic mass is 10.3. The molecule has 6 nitrogen and oxygen atoms in total. The van der Waals surface area contributed by atoms with Gasteiger partial charge in [-0.3, -0.25) is 15.0 Å². The number of aromatic nitrogens is 2. The number of carbonyl (C=O) groups is 1. The van der Waals surface area contributed by atoms with Crippen molar-refractivity contribution in [2.24, 2.45) is 5.84 Å². The third-order valence-corrected chi connectivity index (χ3v) is 1.74. The number of hydrazine groups is 1. The molecule has 0 aromatic carbocycles. The van der Waals surface area contributed by atoms with E-state index in [4.69, 9.17) is 5.84 Å². The second-order valence-electron chi connectivity index (χ2n) is 2.74. The third-order valence-electron chi connectivity index (χ3n) is 1.74. The summed E-state index contributed by atoms with van der Waals surface area (Å²) in [6.07, 6.45) is 0.713. The number of nitrogens with one attached hydrogen (secondary N) is 1. The molecule has 3 N–H and O–H groups in total. The number of amides is 1. The van der Waals surface area contributed by atoms with Crippen LogP contribution in [0.15, 0.2) is 16.9 Å². The molecule has 0 fully saturated rings. The molecule has 0 atom stereocenters. The van der Waals surface area contributed by atoms with Gasteiger partial charge in [-0.25, -0.2) is 10.5 Å². The molecule has 0 unspecified atom stereocenters. The molecule has 0 aliphatic heterocycles. The molecule has 1 amide bonds. The van der Waals surface area contributed by atoms with Gasteiger partial charge in [0.1, 0.15) is 6.54 Å². The zero-order chi connectivity index (χ0) is 10.6. The van der Waals surface area contributed by atoms with Crippen molar-refractivity contribution in [2.45, 2.75) is 19.9 Å². The Balaban J connectivity index is 2.95. The predicted molar refractivity (Wildman–Crippen MR) is 50.2 cm³/mol. The maximum absolute atomic E-state index is 11.2. The summed E-state index contributed by atoms with van der Waals surface area (Å²) in [5.74, 6) is 4.45. The molecule has 0 bridgehead atoms. The Morgan fingerprint density at radius 3 is 2.93 bits per heavy atom. The number of carbonyl (C=O) groups excluding carboxylic acids is 1. The first-order chi connectivity index (χ1) is 6.67. The number of hydrogen-bond acceptors (Lipinski definition) is 4. The van der Waals surface area contributed by atoms with E-state index in [1.807, 2.05) is 12.3 Å². The van der Waals surface area contributed by atoms with Crippen molar-refractivity contribution in [1.82, 2.24) is 15.2 Å². The molecule has 6 heteroatoms. The highest BCUT2D eigenvalue weighted by Crippen LogP contribution is 1.90. The molecule has 0 saturated heterocycles. The van der Waals surface area contributed by atoms with Crippen LogP contribution < -0.4 is 16.8 Å². The maximum atomic E-state index is 11.2. The van der Waals surface area contributed by atoms with E-state index >= 15 is 0 Å². The Morgan fingerprint density at radius 2 is 2.36 bits per heavy atom. The molecule has 0 radical (unpaired) electrons. The second-order valence-corrected chi connectivity index (χ2v) is 2.74. The number of aryl methyl sites for hydroxylation is 1. The largest absolute Gasteiger partial charge is 0.293 e. The number of nitrogens with zero attached hydrogens (tertiary/aromatic N) is 2. The van der Waals surface area contributed by atoms with Crippen LogP contribution >= 0.6 is 0 Å². The summed E-state index contributed by atoms with van der Waals surface area (Å²) in [6.45, 7) is 1.77. The van der Waals surface area contributed by atoms with Gasteiger partial charge in [-0.2, -0.15) is 5.10 Å². The lowest BCUT2D eigenvalue weighted by Gasteiger charge is -2.04. The Morgan fingerprint density at radius 1 is 1.64 bits per heavy atom. The van der Waals surface area contributed by atoms with Gasteiger partial charge in [-0.1, -0.05) is 6.92 Å². The normalized spacial score (nSPS) is 9.86. The van der Waals surface area contributed by atoms with E-state index in [0.717, 1.165) is 10.4 Å². The smallest absolute Gasteiger partial charge is 0.267 e. The minimum Gasteiger partial charge on any atom is -0.293 e. The van der Waals surface area contributed by atoms with Crippen molar-refractivity contribution >= 4 is 5.91 Å². The minimum absolute atomic E-state index is 0.150. The van der Waals surface area contributed by atoms with Crippen molar-refractivity contribution in [2.75, 3.05) is 0 Å². The molecule has 1 rings (SSSR count). The molecular weight excluding hydrogens is 184 g/mol. The van der Waals surface area contributed by atoms with Crippen molar-refractivity contribution in [3.05, 3.63) is 28.2 Å². The van der Waals surface area contributed by atoms with Gasteiger partial charge in [0, 0.05) is 6.07 Å². The Kier molecular flexibility index (Phi) is 3.35. The minimum atomic E-state index is -0.451. The molecule has 1 aromatic rings. The zero-order valence-electron chi connectivity index (χ0n) is 7.86. The van der Waals surface area contributed by atoms with Crippen LogP contribution in [0, 0.1) is 0 Å². The monoisotopic (exact) mass is 196 g/mol. The SMILES string of the molecule is CCc1ccc(=O)n(CC(=O)NN)n1. The van der Waals surface area contributed by atoms with Crippen LogP contribution in [0.2, 0.25) is 0 Å². The Bertz CT molecular complexity index is 385. The van der Waals surface area contributed by atoms with Crippen LogP contribution in [0.5, 0.6) is 0 Å². The molecule has 0 aliphatic carbocycles. The van der Waals surface area contributed by atoms with Crippen LogP contribution in [0.1, 0.15) is 12.6 Å². The highest BCUT2D eigenvalue weighted by Gasteiger charge is 2.03. The van der Waals surface area contributed by atoms with Gasteiger partial charge in [0.25, 0.3) is 11.5 Å². The predicted octanol–water partition coefficient (Wildman–Crippen LogP) is -1.20. The van der Waals surface area contributed by atoms with E-state index in [2.05, 4.69) is 5.10 Å². The molecule has 14 heavy (non-hydrogen) atoms. The summed E-state index contributed by atoms with van der Waals surface area (Å²) < 4.78 is 1.08. The quantitative estimate of drug-likeness (QED) is 0.361. The number of rotatable bonds is 3. The fourth-order valence-electron chi connectivity index (χ4n) is 0.975. The molecule has 0 saturated carbocycles. The fraction of sp³-hybridized carbons (Fsp3) is 0.375. The van der Waals surface area contributed by atoms with Crippen LogP contribution in [0.3, 0.4) is 0 Å². The molecule has 1 aromatic heterocycles. The van der Waals surface area contributed by atoms with Gasteiger partial charge in [-0.05, 0) is 12.5 Å². The number of nitrogens with two attached hydrogens (primary N) is 1. The summed E-state index contributed by atoms with van der Waals surface area (Å²) in [5.41, 5.74) is 2.38. The van der Waals surface area contributed by atoms with E-state index in [1.165, 1.54) is 6.07 Å². The van der Waals surface area contributed by atoms with Crippen molar-refractivity contribution in [3.8, 4) is 0 Å². The highest BCUT2D eigenvalue weighted by atomic mass is 16.2. The Hall–Kier alpha value is -1.69. The third kappa shape index (κ3) is 2.40. The first-order valence-electron chi connectivity index (χ1n) is 4.24. The van der Waals surface area contributed by atoms with E-state index in [0.29, 0.717) is 6.42 Å². The summed E-state index contributed by atoms with van der Waals surface area (Å²) in [5, 5.41) is 3.97. The lowest BCUT2D eigenvalue weighted by molar-refractivity contribution is -0.122. The standard InChI is InChI=1S/C8H12N4O2/c1-2-6-3-4-8(14)12(11-6)5-7(13)10-9/h3-4H,2,5,9H2,1H3,(H,10,13). The van der Waals surface area contributed by atoms with Gasteiger partial charge in [0.05, 0.1) is 5.69 Å². The van der Waals surface area contributed by atoms with Gasteiger partial charge in [-0.15, -0.1) is 0 Å². The van der Waals surface area contributed by atoms with Crippen LogP contribution in [-0.2, 0) is 17.8 Å². The molecule has 76 valence electrons. The molecule has 0 aliphatic rings. The molecule has 1 heterocycles. The van der Waals surface area contributed by atoms with Gasteiger partial charge < -0.3 is 0 Å². The average Bonchev–Trinajstić information content (AvgIpc) is 2.21. The summed E-state index contributed by atoms with van der Waals surface area (Å²) in [7, 11) is 0. The second kappa shape index (κ2) is 4.52. The highest BCUT2D eigenvalue weighted by molar-refractivity contribution is 5.74. The Labute approximate surface area is 80.7 Å². The summed E-state index contributed by atoms with van der Waals surface area (Å²) >= 11 is 0. The molecule has 0 spiro atoms. The van der Waals surface area contributed by atoms with Gasteiger partial charge in [0.2, 0.25) is 0 Å². The molecular formula is C8H12N4O2. The first kappa shape index (κ1) is 10.4. The summed E-state index contributed by atoms with van der Waals surface area (Å²) in [4.78, 5) is 22.1. The maximum Gasteiger partial charge on any atom is 0.267 e. The topological polar surface area (TPSA) is 90.0 Å². The number of hydrogen-bond donors (Lipinski definition) is 2. The first-order valence-corrected chi connectivity index (χ1v) is 4.24. The average molecular weight is 196 g/mol. The van der Waals surface area contributed by atoms with Crippen molar-refractivity contribution in [1.29, 1.82) is 0 Å². The van der Waals surface area contributed by atoms with Crippen LogP contribution in [0.25, 0.3) is 0 Å². The summed E-state index contributed by atoms with van der Waals surface area (Å²) in [6, 6.07) is 3.02. The van der Waals surface area contributed by atoms with E-state index < -0.39 is 5.91 Å². The van der Waals surface area contributed by atoms with Gasteiger partial charge >= 0.3 is 0 Å². The fourth-order valence-corrected chi connectivity index (χ4v) is 0.975. The van der Waals surface area contributed by atoms with Crippen molar-refractivity contribution in [3.63, 3.8) is 0 Å². The van der Waals surface area contributed by atoms with E-state index in [-0.39, 0.29) is 12.1 Å². The van der Waals surface area contributed by atoms with Crippen molar-refractivity contribution < 1.29 is 4.79 Å². The lowest BCUT2D eigenvalue weighted by Crippen LogP contribution is -2.37. The van der Waals surface area contributed by atoms with E-state index in [9.17, 15) is 9.59 Å². The zero-order valence-corrected chi connectivity index (χ0v) is 7.86. The van der Waals surface area contributed by atoms with Crippen LogP contribution in [-0.4, -0.2) is 15.7 Å². The van der Waals surface area contributed by atoms with Crippen LogP contribution in [0.4, 0.5) is 0 Å². The van der Waals surface area contributed by atoms with E-state index in [1.54, 1.807) is 6.07 Å². The van der Waals surface area contributed by atoms with Gasteiger partial charge in [0.15, 0.2) is 0 Å².